The van der Waals surface area contributed by atoms with Gasteiger partial charge in [-0.15, -0.1) is 11.3 Å². The molecule has 2 rings (SSSR count). The third-order valence-corrected chi connectivity index (χ3v) is 4.02. The zero-order chi connectivity index (χ0) is 10.7. The molecule has 0 spiro atoms. The summed E-state index contributed by atoms with van der Waals surface area (Å²) in [6, 6.07) is 2.03. The molecule has 1 fully saturated rings. The second kappa shape index (κ2) is 5.41. The van der Waals surface area contributed by atoms with Crippen LogP contribution in [0.4, 0.5) is 0 Å². The van der Waals surface area contributed by atoms with E-state index in [0.717, 1.165) is 9.35 Å². The average molecular weight is 293 g/mol. The second-order valence-electron chi connectivity index (χ2n) is 3.49. The van der Waals surface area contributed by atoms with Crippen molar-refractivity contribution in [2.75, 3.05) is 19.8 Å². The van der Waals surface area contributed by atoms with E-state index in [1.165, 1.54) is 0 Å². The van der Waals surface area contributed by atoms with Gasteiger partial charge >= 0.3 is 0 Å². The van der Waals surface area contributed by atoms with Gasteiger partial charge in [0, 0.05) is 21.2 Å². The summed E-state index contributed by atoms with van der Waals surface area (Å²) < 4.78 is 11.8. The first-order valence-electron chi connectivity index (χ1n) is 4.86. The smallest absolute Gasteiger partial charge is 0.107 e. The number of hydrogen-bond donors (Lipinski definition) is 1. The molecule has 2 atom stereocenters. The molecule has 1 saturated heterocycles. The summed E-state index contributed by atoms with van der Waals surface area (Å²) in [4.78, 5) is 1.16. The maximum Gasteiger partial charge on any atom is 0.107 e. The Hall–Kier alpha value is 0.0600. The SMILES string of the molecule is OC(Cc1cc(Br)cs1)C1COCCO1. The van der Waals surface area contributed by atoms with E-state index in [-0.39, 0.29) is 6.10 Å². The molecular formula is C10H13BrO3S. The number of hydrogen-bond acceptors (Lipinski definition) is 4. The van der Waals surface area contributed by atoms with Gasteiger partial charge in [-0.25, -0.2) is 0 Å². The first-order chi connectivity index (χ1) is 7.25. The van der Waals surface area contributed by atoms with Gasteiger partial charge in [0.2, 0.25) is 0 Å². The molecule has 0 bridgehead atoms. The summed E-state index contributed by atoms with van der Waals surface area (Å²) >= 11 is 5.03. The van der Waals surface area contributed by atoms with Crippen LogP contribution in [0.3, 0.4) is 0 Å². The summed E-state index contributed by atoms with van der Waals surface area (Å²) in [5, 5.41) is 11.9. The molecule has 0 amide bonds. The van der Waals surface area contributed by atoms with Crippen molar-refractivity contribution in [3.05, 3.63) is 20.8 Å². The lowest BCUT2D eigenvalue weighted by Crippen LogP contribution is -2.39. The summed E-state index contributed by atoms with van der Waals surface area (Å²) in [6.45, 7) is 1.71. The zero-order valence-electron chi connectivity index (χ0n) is 8.19. The lowest BCUT2D eigenvalue weighted by atomic mass is 10.1. The highest BCUT2D eigenvalue weighted by Crippen LogP contribution is 2.22. The minimum absolute atomic E-state index is 0.181. The molecule has 0 aromatic carbocycles. The number of thiophene rings is 1. The normalized spacial score (nSPS) is 24.0. The monoisotopic (exact) mass is 292 g/mol. The van der Waals surface area contributed by atoms with E-state index in [1.54, 1.807) is 11.3 Å². The van der Waals surface area contributed by atoms with Crippen molar-refractivity contribution in [1.82, 2.24) is 0 Å². The molecule has 1 aromatic rings. The molecule has 1 aliphatic rings. The highest BCUT2D eigenvalue weighted by molar-refractivity contribution is 9.10. The van der Waals surface area contributed by atoms with Crippen LogP contribution in [0, 0.1) is 0 Å². The molecule has 2 unspecified atom stereocenters. The van der Waals surface area contributed by atoms with Gasteiger partial charge < -0.3 is 14.6 Å². The van der Waals surface area contributed by atoms with E-state index in [2.05, 4.69) is 15.9 Å². The van der Waals surface area contributed by atoms with Crippen LogP contribution >= 0.6 is 27.3 Å². The second-order valence-corrected chi connectivity index (χ2v) is 5.40. The van der Waals surface area contributed by atoms with Crippen molar-refractivity contribution in [3.63, 3.8) is 0 Å². The quantitative estimate of drug-likeness (QED) is 0.924. The Kier molecular flexibility index (Phi) is 4.16. The molecule has 1 aromatic heterocycles. The number of aliphatic hydroxyl groups is 1. The summed E-state index contributed by atoms with van der Waals surface area (Å²) in [7, 11) is 0. The lowest BCUT2D eigenvalue weighted by molar-refractivity contribution is -0.131. The Morgan fingerprint density at radius 1 is 1.60 bits per heavy atom. The van der Waals surface area contributed by atoms with Gasteiger partial charge in [-0.2, -0.15) is 0 Å². The van der Waals surface area contributed by atoms with Crippen LogP contribution in [-0.2, 0) is 15.9 Å². The van der Waals surface area contributed by atoms with E-state index in [1.807, 2.05) is 11.4 Å². The molecule has 3 nitrogen and oxygen atoms in total. The summed E-state index contributed by atoms with van der Waals surface area (Å²) in [5.74, 6) is 0. The van der Waals surface area contributed by atoms with Gasteiger partial charge in [-0.3, -0.25) is 0 Å². The third kappa shape index (κ3) is 3.26. The van der Waals surface area contributed by atoms with Crippen LogP contribution in [-0.4, -0.2) is 37.1 Å². The van der Waals surface area contributed by atoms with Crippen LogP contribution in [0.15, 0.2) is 15.9 Å². The number of halogens is 1. The van der Waals surface area contributed by atoms with Gasteiger partial charge in [0.15, 0.2) is 0 Å². The Bertz CT molecular complexity index is 309. The summed E-state index contributed by atoms with van der Waals surface area (Å²) in [5.41, 5.74) is 0. The maximum absolute atomic E-state index is 9.92. The summed E-state index contributed by atoms with van der Waals surface area (Å²) in [6.07, 6.45) is -0.0277. The largest absolute Gasteiger partial charge is 0.390 e. The van der Waals surface area contributed by atoms with Crippen molar-refractivity contribution < 1.29 is 14.6 Å². The Balaban J connectivity index is 1.88. The maximum atomic E-state index is 9.92. The van der Waals surface area contributed by atoms with E-state index in [4.69, 9.17) is 9.47 Å². The van der Waals surface area contributed by atoms with Crippen LogP contribution in [0.5, 0.6) is 0 Å². The van der Waals surface area contributed by atoms with Gasteiger partial charge in [-0.05, 0) is 22.0 Å². The molecule has 5 heteroatoms. The molecule has 84 valence electrons. The first-order valence-corrected chi connectivity index (χ1v) is 6.53. The Morgan fingerprint density at radius 3 is 3.07 bits per heavy atom. The van der Waals surface area contributed by atoms with Crippen molar-refractivity contribution in [3.8, 4) is 0 Å². The van der Waals surface area contributed by atoms with Crippen molar-refractivity contribution in [1.29, 1.82) is 0 Å². The van der Waals surface area contributed by atoms with Crippen molar-refractivity contribution in [2.24, 2.45) is 0 Å². The highest BCUT2D eigenvalue weighted by Gasteiger charge is 2.23. The van der Waals surface area contributed by atoms with Gasteiger partial charge in [0.25, 0.3) is 0 Å². The van der Waals surface area contributed by atoms with Crippen LogP contribution in [0.2, 0.25) is 0 Å². The Morgan fingerprint density at radius 2 is 2.47 bits per heavy atom. The Labute approximate surface area is 101 Å². The van der Waals surface area contributed by atoms with Gasteiger partial charge in [-0.1, -0.05) is 0 Å². The van der Waals surface area contributed by atoms with E-state index >= 15 is 0 Å². The van der Waals surface area contributed by atoms with Crippen molar-refractivity contribution in [2.45, 2.75) is 18.6 Å². The minimum atomic E-state index is -0.476. The lowest BCUT2D eigenvalue weighted by Gasteiger charge is -2.26. The number of rotatable bonds is 3. The molecule has 1 aliphatic heterocycles. The molecule has 0 aliphatic carbocycles. The molecule has 0 radical (unpaired) electrons. The number of aliphatic hydroxyl groups excluding tert-OH is 1. The zero-order valence-corrected chi connectivity index (χ0v) is 10.6. The molecule has 1 N–H and O–H groups in total. The third-order valence-electron chi connectivity index (χ3n) is 2.30. The highest BCUT2D eigenvalue weighted by atomic mass is 79.9. The standard InChI is InChI=1S/C10H13BrO3S/c11-7-3-8(15-6-7)4-9(12)10-5-13-1-2-14-10/h3,6,9-10,12H,1-2,4-5H2. The van der Waals surface area contributed by atoms with Crippen LogP contribution in [0.25, 0.3) is 0 Å². The fourth-order valence-electron chi connectivity index (χ4n) is 1.53. The molecule has 2 heterocycles. The topological polar surface area (TPSA) is 38.7 Å². The van der Waals surface area contributed by atoms with E-state index in [0.29, 0.717) is 26.2 Å². The van der Waals surface area contributed by atoms with Crippen LogP contribution in [0.1, 0.15) is 4.88 Å². The predicted molar refractivity (Wildman–Crippen MR) is 62.3 cm³/mol. The predicted octanol–water partition coefficient (Wildman–Crippen LogP) is 1.83. The minimum Gasteiger partial charge on any atom is -0.390 e. The fraction of sp³-hybridized carbons (Fsp3) is 0.600. The van der Waals surface area contributed by atoms with Gasteiger partial charge in [0.05, 0.1) is 25.9 Å². The fourth-order valence-corrected chi connectivity index (χ4v) is 3.03. The van der Waals surface area contributed by atoms with E-state index < -0.39 is 6.10 Å². The average Bonchev–Trinajstić information content (AvgIpc) is 2.65. The van der Waals surface area contributed by atoms with Crippen molar-refractivity contribution >= 4 is 27.3 Å². The van der Waals surface area contributed by atoms with E-state index in [9.17, 15) is 5.11 Å². The van der Waals surface area contributed by atoms with Gasteiger partial charge in [0.1, 0.15) is 6.10 Å². The number of ether oxygens (including phenoxy) is 2. The first kappa shape index (κ1) is 11.5. The molecule has 0 saturated carbocycles. The molecule has 15 heavy (non-hydrogen) atoms. The van der Waals surface area contributed by atoms with Crippen LogP contribution < -0.4 is 0 Å². The molecular weight excluding hydrogens is 280 g/mol.